The van der Waals surface area contributed by atoms with Crippen molar-refractivity contribution < 1.29 is 4.79 Å². The van der Waals surface area contributed by atoms with Gasteiger partial charge in [-0.2, -0.15) is 5.26 Å². The molecule has 1 amide bonds. The van der Waals surface area contributed by atoms with E-state index in [1.807, 2.05) is 6.07 Å². The van der Waals surface area contributed by atoms with Crippen LogP contribution >= 0.6 is 11.3 Å². The van der Waals surface area contributed by atoms with Gasteiger partial charge in [0.15, 0.2) is 0 Å². The van der Waals surface area contributed by atoms with E-state index in [0.717, 1.165) is 4.57 Å². The summed E-state index contributed by atoms with van der Waals surface area (Å²) in [5, 5.41) is 13.4. The maximum absolute atomic E-state index is 13.1. The van der Waals surface area contributed by atoms with Crippen LogP contribution in [0.25, 0.3) is 15.9 Å². The summed E-state index contributed by atoms with van der Waals surface area (Å²) in [5.74, 6) is -0.437. The molecule has 0 saturated heterocycles. The minimum absolute atomic E-state index is 0.268. The number of nitrogens with one attached hydrogen (secondary N) is 1. The zero-order valence-corrected chi connectivity index (χ0v) is 15.8. The number of carbonyl (C=O) groups excluding carboxylic acids is 1. The lowest BCUT2D eigenvalue weighted by molar-refractivity contribution is -0.116. The quantitative estimate of drug-likeness (QED) is 0.568. The second-order valence-corrected chi connectivity index (χ2v) is 7.14. The first-order valence-corrected chi connectivity index (χ1v) is 9.55. The van der Waals surface area contributed by atoms with Crippen LogP contribution in [-0.4, -0.2) is 15.0 Å². The highest BCUT2D eigenvalue weighted by atomic mass is 32.1. The molecule has 0 fully saturated rings. The fourth-order valence-corrected chi connectivity index (χ4v) is 3.88. The van der Waals surface area contributed by atoms with Gasteiger partial charge in [0.1, 0.15) is 11.2 Å². The smallest absolute Gasteiger partial charge is 0.324 e. The Hall–Kier alpha value is -3.96. The van der Waals surface area contributed by atoms with Gasteiger partial charge in [0.25, 0.3) is 5.56 Å². The third kappa shape index (κ3) is 3.47. The van der Waals surface area contributed by atoms with Crippen molar-refractivity contribution in [2.24, 2.45) is 0 Å². The highest BCUT2D eigenvalue weighted by Gasteiger charge is 2.17. The molecule has 7 nitrogen and oxygen atoms in total. The Balaban J connectivity index is 1.77. The third-order valence-corrected chi connectivity index (χ3v) is 5.24. The summed E-state index contributed by atoms with van der Waals surface area (Å²) in [5.41, 5.74) is 0.724. The molecule has 0 unspecified atom stereocenters. The van der Waals surface area contributed by atoms with Crippen LogP contribution in [0, 0.1) is 11.3 Å². The number of aromatic nitrogens is 2. The van der Waals surface area contributed by atoms with Gasteiger partial charge in [-0.25, -0.2) is 9.36 Å². The highest BCUT2D eigenvalue weighted by Crippen LogP contribution is 2.17. The maximum Gasteiger partial charge on any atom is 0.336 e. The van der Waals surface area contributed by atoms with Crippen LogP contribution < -0.4 is 16.6 Å². The molecule has 0 aliphatic rings. The summed E-state index contributed by atoms with van der Waals surface area (Å²) >= 11 is 1.22. The molecule has 0 saturated carbocycles. The van der Waals surface area contributed by atoms with E-state index < -0.39 is 17.2 Å². The number of anilines is 1. The van der Waals surface area contributed by atoms with Crippen LogP contribution in [0.2, 0.25) is 0 Å². The fraction of sp³-hybridized carbons (Fsp3) is 0.0476. The van der Waals surface area contributed by atoms with Crippen LogP contribution in [0.3, 0.4) is 0 Å². The number of fused-ring (bicyclic) bond motifs is 1. The second kappa shape index (κ2) is 7.58. The van der Waals surface area contributed by atoms with E-state index in [-0.39, 0.29) is 6.54 Å². The molecule has 4 aromatic rings. The van der Waals surface area contributed by atoms with E-state index >= 15 is 0 Å². The van der Waals surface area contributed by atoms with Crippen molar-refractivity contribution in [1.29, 1.82) is 5.26 Å². The summed E-state index contributed by atoms with van der Waals surface area (Å²) in [6.45, 7) is -0.268. The first-order chi connectivity index (χ1) is 14.1. The lowest BCUT2D eigenvalue weighted by Gasteiger charge is -2.12. The molecular formula is C21H14N4O3S. The number of carbonyl (C=O) groups is 1. The molecule has 4 rings (SSSR count). The molecule has 1 N–H and O–H groups in total. The Morgan fingerprint density at radius 1 is 1.07 bits per heavy atom. The summed E-state index contributed by atoms with van der Waals surface area (Å²) in [6, 6.07) is 18.8. The van der Waals surface area contributed by atoms with Gasteiger partial charge in [-0.15, -0.1) is 11.3 Å². The summed E-state index contributed by atoms with van der Waals surface area (Å²) in [4.78, 5) is 38.5. The van der Waals surface area contributed by atoms with Gasteiger partial charge in [0, 0.05) is 5.69 Å². The number of nitriles is 1. The fourth-order valence-electron chi connectivity index (χ4n) is 3.06. The van der Waals surface area contributed by atoms with Gasteiger partial charge >= 0.3 is 5.69 Å². The largest absolute Gasteiger partial charge is 0.336 e. The molecule has 2 aromatic heterocycles. The van der Waals surface area contributed by atoms with Gasteiger partial charge in [-0.05, 0) is 41.8 Å². The molecule has 2 aromatic carbocycles. The summed E-state index contributed by atoms with van der Waals surface area (Å²) in [7, 11) is 0. The Kier molecular flexibility index (Phi) is 4.81. The zero-order valence-electron chi connectivity index (χ0n) is 15.0. The first kappa shape index (κ1) is 18.4. The van der Waals surface area contributed by atoms with Gasteiger partial charge in [0.05, 0.1) is 22.8 Å². The van der Waals surface area contributed by atoms with E-state index in [9.17, 15) is 14.4 Å². The van der Waals surface area contributed by atoms with Gasteiger partial charge in [-0.1, -0.05) is 24.3 Å². The average molecular weight is 402 g/mol. The van der Waals surface area contributed by atoms with E-state index in [1.54, 1.807) is 66.0 Å². The molecule has 142 valence electrons. The number of hydrogen-bond acceptors (Lipinski definition) is 5. The minimum atomic E-state index is -0.590. The molecule has 0 spiro atoms. The van der Waals surface area contributed by atoms with Crippen molar-refractivity contribution in [2.45, 2.75) is 6.54 Å². The van der Waals surface area contributed by atoms with E-state index in [1.165, 1.54) is 15.9 Å². The molecule has 0 radical (unpaired) electrons. The monoisotopic (exact) mass is 402 g/mol. The molecule has 2 heterocycles. The van der Waals surface area contributed by atoms with Crippen molar-refractivity contribution in [1.82, 2.24) is 9.13 Å². The number of para-hydroxylation sites is 1. The molecule has 29 heavy (non-hydrogen) atoms. The lowest BCUT2D eigenvalue weighted by atomic mass is 10.2. The van der Waals surface area contributed by atoms with Crippen molar-refractivity contribution in [2.75, 3.05) is 5.32 Å². The van der Waals surface area contributed by atoms with Gasteiger partial charge < -0.3 is 5.32 Å². The van der Waals surface area contributed by atoms with Crippen molar-refractivity contribution in [3.05, 3.63) is 92.4 Å². The predicted octanol–water partition coefficient (Wildman–Crippen LogP) is 2.72. The normalized spacial score (nSPS) is 10.6. The Bertz CT molecular complexity index is 1380. The SMILES string of the molecule is N#Cc1cccc(NC(=O)Cn2c(=O)n(-c3ccccc3)c(=O)c3sccc32)c1. The van der Waals surface area contributed by atoms with Gasteiger partial charge in [0.2, 0.25) is 5.91 Å². The minimum Gasteiger partial charge on any atom is -0.324 e. The number of amides is 1. The zero-order chi connectivity index (χ0) is 20.4. The van der Waals surface area contributed by atoms with Crippen LogP contribution in [0.5, 0.6) is 0 Å². The first-order valence-electron chi connectivity index (χ1n) is 8.67. The molecule has 0 aliphatic carbocycles. The second-order valence-electron chi connectivity index (χ2n) is 6.22. The van der Waals surface area contributed by atoms with Crippen LogP contribution in [-0.2, 0) is 11.3 Å². The Labute approximate surface area is 168 Å². The lowest BCUT2D eigenvalue weighted by Crippen LogP contribution is -2.40. The van der Waals surface area contributed by atoms with E-state index in [0.29, 0.717) is 27.2 Å². The average Bonchev–Trinajstić information content (AvgIpc) is 3.22. The molecule has 0 bridgehead atoms. The Morgan fingerprint density at radius 3 is 2.62 bits per heavy atom. The number of rotatable bonds is 4. The molecule has 0 aliphatic heterocycles. The van der Waals surface area contributed by atoms with Crippen LogP contribution in [0.1, 0.15) is 5.56 Å². The van der Waals surface area contributed by atoms with E-state index in [2.05, 4.69) is 5.32 Å². The number of nitrogens with zero attached hydrogens (tertiary/aromatic N) is 3. The highest BCUT2D eigenvalue weighted by molar-refractivity contribution is 7.17. The van der Waals surface area contributed by atoms with Gasteiger partial charge in [-0.3, -0.25) is 14.2 Å². The predicted molar refractivity (Wildman–Crippen MR) is 111 cm³/mol. The molecule has 8 heteroatoms. The van der Waals surface area contributed by atoms with Crippen LogP contribution in [0.4, 0.5) is 5.69 Å². The van der Waals surface area contributed by atoms with E-state index in [4.69, 9.17) is 5.26 Å². The van der Waals surface area contributed by atoms with Crippen molar-refractivity contribution in [3.8, 4) is 11.8 Å². The number of thiophene rings is 1. The van der Waals surface area contributed by atoms with Crippen LogP contribution in [0.15, 0.2) is 75.6 Å². The third-order valence-electron chi connectivity index (χ3n) is 4.35. The maximum atomic E-state index is 13.1. The Morgan fingerprint density at radius 2 is 1.86 bits per heavy atom. The van der Waals surface area contributed by atoms with Crippen molar-refractivity contribution >= 4 is 33.1 Å². The standard InChI is InChI=1S/C21H14N4O3S/c22-12-14-5-4-6-15(11-14)23-18(26)13-24-17-9-10-29-19(17)20(27)25(21(24)28)16-7-2-1-3-8-16/h1-11H,13H2,(H,23,26). The topological polar surface area (TPSA) is 96.9 Å². The summed E-state index contributed by atoms with van der Waals surface area (Å²) in [6.07, 6.45) is 0. The molecular weight excluding hydrogens is 388 g/mol. The number of benzene rings is 2. The molecule has 0 atom stereocenters. The van der Waals surface area contributed by atoms with Crippen molar-refractivity contribution in [3.63, 3.8) is 0 Å². The number of hydrogen-bond donors (Lipinski definition) is 1. The summed E-state index contributed by atoms with van der Waals surface area (Å²) < 4.78 is 2.75.